The number of nitrogens with one attached hydrogen (secondary N) is 1. The SMILES string of the molecule is [2H]C([2H])([2H])Oc1ccc(Nc2nc(SC)nc(Cl)c2/C=N/Cc2ccc(OC)cc2OC)cc1. The highest BCUT2D eigenvalue weighted by molar-refractivity contribution is 7.98. The lowest BCUT2D eigenvalue weighted by molar-refractivity contribution is 0.391. The Balaban J connectivity index is 1.84. The van der Waals surface area contributed by atoms with Gasteiger partial charge in [0.15, 0.2) is 5.16 Å². The zero-order valence-corrected chi connectivity index (χ0v) is 18.8. The molecule has 162 valence electrons. The van der Waals surface area contributed by atoms with Crippen LogP contribution in [0.25, 0.3) is 0 Å². The standard InChI is InChI=1S/C22H23ClN4O3S/c1-28-16-9-6-15(7-10-16)25-21-18(20(23)26-22(27-21)31-4)13-24-12-14-5-8-17(29-2)11-19(14)30-3/h5-11,13H,12H2,1-4H3,(H,25,26,27)/b24-13+/i1D3. The Kier molecular flexibility index (Phi) is 6.59. The van der Waals surface area contributed by atoms with Crippen LogP contribution in [0.1, 0.15) is 15.2 Å². The van der Waals surface area contributed by atoms with E-state index in [4.69, 9.17) is 29.9 Å². The molecule has 0 aliphatic carbocycles. The fourth-order valence-electron chi connectivity index (χ4n) is 2.68. The fraction of sp³-hybridized carbons (Fsp3) is 0.227. The molecular formula is C22H23ClN4O3S. The van der Waals surface area contributed by atoms with Crippen LogP contribution in [-0.2, 0) is 6.54 Å². The van der Waals surface area contributed by atoms with Crippen LogP contribution >= 0.6 is 23.4 Å². The number of aliphatic imine (C=N–C) groups is 1. The first kappa shape index (κ1) is 18.8. The monoisotopic (exact) mass is 461 g/mol. The van der Waals surface area contributed by atoms with Crippen molar-refractivity contribution in [2.75, 3.05) is 32.8 Å². The van der Waals surface area contributed by atoms with Crippen LogP contribution in [0.4, 0.5) is 11.5 Å². The van der Waals surface area contributed by atoms with Crippen molar-refractivity contribution in [1.82, 2.24) is 9.97 Å². The molecule has 0 aliphatic rings. The summed E-state index contributed by atoms with van der Waals surface area (Å²) in [6, 6.07) is 12.0. The largest absolute Gasteiger partial charge is 0.497 e. The van der Waals surface area contributed by atoms with Gasteiger partial charge in [-0.1, -0.05) is 23.4 Å². The molecule has 31 heavy (non-hydrogen) atoms. The molecular weight excluding hydrogens is 436 g/mol. The molecule has 0 radical (unpaired) electrons. The number of thioether (sulfide) groups is 1. The minimum atomic E-state index is -2.52. The number of methoxy groups -OCH3 is 3. The highest BCUT2D eigenvalue weighted by Gasteiger charge is 2.12. The van der Waals surface area contributed by atoms with Crippen molar-refractivity contribution in [3.63, 3.8) is 0 Å². The summed E-state index contributed by atoms with van der Waals surface area (Å²) < 4.78 is 37.2. The van der Waals surface area contributed by atoms with Crippen LogP contribution in [-0.4, -0.2) is 43.7 Å². The number of halogens is 1. The maximum absolute atomic E-state index is 7.20. The molecule has 0 atom stereocenters. The molecule has 3 aromatic rings. The topological polar surface area (TPSA) is 77.9 Å². The van der Waals surface area contributed by atoms with Crippen LogP contribution in [0.15, 0.2) is 52.6 Å². The number of hydrogen-bond acceptors (Lipinski definition) is 8. The smallest absolute Gasteiger partial charge is 0.190 e. The molecule has 0 saturated carbocycles. The normalized spacial score (nSPS) is 12.7. The highest BCUT2D eigenvalue weighted by Crippen LogP contribution is 2.28. The molecule has 3 rings (SSSR count). The predicted molar refractivity (Wildman–Crippen MR) is 126 cm³/mol. The van der Waals surface area contributed by atoms with E-state index >= 15 is 0 Å². The number of ether oxygens (including phenoxy) is 3. The second kappa shape index (κ2) is 10.9. The van der Waals surface area contributed by atoms with E-state index < -0.39 is 7.04 Å². The Morgan fingerprint density at radius 3 is 2.55 bits per heavy atom. The summed E-state index contributed by atoms with van der Waals surface area (Å²) in [5, 5.41) is 3.92. The molecule has 0 saturated heterocycles. The van der Waals surface area contributed by atoms with Gasteiger partial charge in [-0.15, -0.1) is 0 Å². The molecule has 7 nitrogen and oxygen atoms in total. The maximum atomic E-state index is 7.20. The molecule has 1 aromatic heterocycles. The van der Waals surface area contributed by atoms with E-state index in [9.17, 15) is 0 Å². The summed E-state index contributed by atoms with van der Waals surface area (Å²) in [4.78, 5) is 13.3. The first-order valence-electron chi connectivity index (χ1n) is 10.6. The summed E-state index contributed by atoms with van der Waals surface area (Å²) >= 11 is 7.79. The van der Waals surface area contributed by atoms with Crippen LogP contribution in [0.3, 0.4) is 0 Å². The molecule has 0 amide bonds. The van der Waals surface area contributed by atoms with E-state index in [1.807, 2.05) is 18.4 Å². The molecule has 0 fully saturated rings. The zero-order chi connectivity index (χ0) is 24.7. The Bertz CT molecular complexity index is 1160. The van der Waals surface area contributed by atoms with E-state index in [1.54, 1.807) is 50.8 Å². The Labute approximate surface area is 195 Å². The third-order valence-electron chi connectivity index (χ3n) is 4.27. The van der Waals surface area contributed by atoms with Gasteiger partial charge >= 0.3 is 0 Å². The molecule has 2 aromatic carbocycles. The number of benzene rings is 2. The summed E-state index contributed by atoms with van der Waals surface area (Å²) in [6.45, 7) is 0.342. The number of hydrogen-bond donors (Lipinski definition) is 1. The van der Waals surface area contributed by atoms with Gasteiger partial charge in [0.1, 0.15) is 28.2 Å². The van der Waals surface area contributed by atoms with Gasteiger partial charge in [0.05, 0.1) is 37.5 Å². The van der Waals surface area contributed by atoms with Crippen LogP contribution < -0.4 is 19.5 Å². The van der Waals surface area contributed by atoms with Crippen molar-refractivity contribution in [1.29, 1.82) is 0 Å². The van der Waals surface area contributed by atoms with E-state index in [2.05, 4.69) is 20.3 Å². The van der Waals surface area contributed by atoms with Crippen molar-refractivity contribution in [2.24, 2.45) is 4.99 Å². The van der Waals surface area contributed by atoms with E-state index in [1.165, 1.54) is 11.8 Å². The summed E-state index contributed by atoms with van der Waals surface area (Å²) in [6.07, 6.45) is 3.45. The minimum Gasteiger partial charge on any atom is -0.497 e. The Hall–Kier alpha value is -2.97. The average molecular weight is 462 g/mol. The third-order valence-corrected chi connectivity index (χ3v) is 5.11. The lowest BCUT2D eigenvalue weighted by atomic mass is 10.2. The van der Waals surface area contributed by atoms with Gasteiger partial charge in [-0.25, -0.2) is 9.97 Å². The number of aromatic nitrogens is 2. The number of rotatable bonds is 9. The average Bonchev–Trinajstić information content (AvgIpc) is 2.80. The molecule has 1 N–H and O–H groups in total. The molecule has 9 heteroatoms. The number of nitrogens with zero attached hydrogens (tertiary/aromatic N) is 3. The van der Waals surface area contributed by atoms with Crippen molar-refractivity contribution >= 4 is 41.1 Å². The van der Waals surface area contributed by atoms with E-state index in [-0.39, 0.29) is 10.9 Å². The van der Waals surface area contributed by atoms with Gasteiger partial charge < -0.3 is 19.5 Å². The molecule has 0 unspecified atom stereocenters. The summed E-state index contributed by atoms with van der Waals surface area (Å²) in [5.74, 6) is 2.04. The highest BCUT2D eigenvalue weighted by atomic mass is 35.5. The van der Waals surface area contributed by atoms with Crippen molar-refractivity contribution < 1.29 is 18.3 Å². The van der Waals surface area contributed by atoms with Gasteiger partial charge in [0.25, 0.3) is 0 Å². The fourth-order valence-corrected chi connectivity index (χ4v) is 3.32. The van der Waals surface area contributed by atoms with Gasteiger partial charge in [0.2, 0.25) is 0 Å². The van der Waals surface area contributed by atoms with Crippen LogP contribution in [0.5, 0.6) is 17.2 Å². The van der Waals surface area contributed by atoms with Gasteiger partial charge in [-0.2, -0.15) is 0 Å². The number of anilines is 2. The second-order valence-corrected chi connectivity index (χ2v) is 7.29. The molecule has 1 heterocycles. The molecule has 0 spiro atoms. The molecule has 0 aliphatic heterocycles. The Morgan fingerprint density at radius 2 is 1.87 bits per heavy atom. The first-order chi connectivity index (χ1) is 16.2. The first-order valence-corrected chi connectivity index (χ1v) is 10.7. The lowest BCUT2D eigenvalue weighted by Crippen LogP contribution is -2.03. The second-order valence-electron chi connectivity index (χ2n) is 6.16. The van der Waals surface area contributed by atoms with E-state index in [0.717, 1.165) is 5.56 Å². The lowest BCUT2D eigenvalue weighted by Gasteiger charge is -2.12. The predicted octanol–water partition coefficient (Wildman–Crippen LogP) is 5.24. The zero-order valence-electron chi connectivity index (χ0n) is 20.2. The maximum Gasteiger partial charge on any atom is 0.190 e. The van der Waals surface area contributed by atoms with E-state index in [0.29, 0.717) is 40.3 Å². The van der Waals surface area contributed by atoms with Gasteiger partial charge in [0, 0.05) is 23.5 Å². The summed E-state index contributed by atoms with van der Waals surface area (Å²) in [5.41, 5.74) is 2.04. The Morgan fingerprint density at radius 1 is 1.10 bits per heavy atom. The van der Waals surface area contributed by atoms with Gasteiger partial charge in [-0.3, -0.25) is 4.99 Å². The van der Waals surface area contributed by atoms with Crippen molar-refractivity contribution in [3.8, 4) is 17.2 Å². The van der Waals surface area contributed by atoms with Gasteiger partial charge in [-0.05, 0) is 42.7 Å². The van der Waals surface area contributed by atoms with Crippen LogP contribution in [0.2, 0.25) is 5.15 Å². The van der Waals surface area contributed by atoms with Crippen molar-refractivity contribution in [3.05, 3.63) is 58.7 Å². The minimum absolute atomic E-state index is 0.228. The van der Waals surface area contributed by atoms with Crippen LogP contribution in [0, 0.1) is 0 Å². The quantitative estimate of drug-likeness (QED) is 0.202. The molecule has 0 bridgehead atoms. The third kappa shape index (κ3) is 5.80. The summed E-state index contributed by atoms with van der Waals surface area (Å²) in [7, 11) is 0.665. The van der Waals surface area contributed by atoms with Crippen molar-refractivity contribution in [2.45, 2.75) is 11.7 Å².